The second-order valence-electron chi connectivity index (χ2n) is 6.05. The molecule has 2 N–H and O–H groups in total. The lowest BCUT2D eigenvalue weighted by molar-refractivity contribution is 0.282. The Labute approximate surface area is 129 Å². The van der Waals surface area contributed by atoms with Crippen LogP contribution in [0.3, 0.4) is 0 Å². The topological polar surface area (TPSA) is 36.4 Å². The smallest absolute Gasteiger partial charge is 0.191 e. The van der Waals surface area contributed by atoms with Crippen LogP contribution in [0.1, 0.15) is 46.0 Å². The first-order valence-electron chi connectivity index (χ1n) is 7.16. The van der Waals surface area contributed by atoms with E-state index in [2.05, 4.69) is 29.5 Å². The summed E-state index contributed by atoms with van der Waals surface area (Å²) in [5.41, 5.74) is 0. The van der Waals surface area contributed by atoms with E-state index in [-0.39, 0.29) is 24.0 Å². The van der Waals surface area contributed by atoms with Crippen LogP contribution in [0.2, 0.25) is 0 Å². The van der Waals surface area contributed by atoms with Crippen LogP contribution in [0.25, 0.3) is 0 Å². The van der Waals surface area contributed by atoms with Gasteiger partial charge in [0.2, 0.25) is 0 Å². The first-order chi connectivity index (χ1) is 8.19. The normalized spacial score (nSPS) is 35.6. The summed E-state index contributed by atoms with van der Waals surface area (Å²) in [4.78, 5) is 4.30. The number of hydrogen-bond donors (Lipinski definition) is 2. The van der Waals surface area contributed by atoms with E-state index >= 15 is 0 Å². The van der Waals surface area contributed by atoms with E-state index in [9.17, 15) is 0 Å². The van der Waals surface area contributed by atoms with Crippen LogP contribution in [-0.4, -0.2) is 25.6 Å². The predicted molar refractivity (Wildman–Crippen MR) is 88.6 cm³/mol. The Morgan fingerprint density at radius 1 is 1.22 bits per heavy atom. The molecule has 0 aromatic rings. The fourth-order valence-electron chi connectivity index (χ4n) is 2.88. The van der Waals surface area contributed by atoms with Crippen molar-refractivity contribution in [3.8, 4) is 0 Å². The second kappa shape index (κ2) is 7.56. The molecule has 2 rings (SSSR count). The van der Waals surface area contributed by atoms with Gasteiger partial charge in [-0.05, 0) is 37.0 Å². The summed E-state index contributed by atoms with van der Waals surface area (Å²) < 4.78 is 0. The van der Waals surface area contributed by atoms with Gasteiger partial charge in [0.25, 0.3) is 0 Å². The maximum atomic E-state index is 4.30. The molecule has 0 bridgehead atoms. The number of rotatable bonds is 3. The molecule has 3 nitrogen and oxygen atoms in total. The van der Waals surface area contributed by atoms with Gasteiger partial charge in [-0.15, -0.1) is 24.0 Å². The Balaban J connectivity index is 0.00000162. The van der Waals surface area contributed by atoms with Gasteiger partial charge in [0, 0.05) is 19.6 Å². The first-order valence-corrected chi connectivity index (χ1v) is 7.16. The van der Waals surface area contributed by atoms with E-state index in [1.54, 1.807) is 0 Å². The molecule has 4 atom stereocenters. The van der Waals surface area contributed by atoms with E-state index in [4.69, 9.17) is 0 Å². The molecule has 4 unspecified atom stereocenters. The van der Waals surface area contributed by atoms with E-state index in [0.29, 0.717) is 6.04 Å². The van der Waals surface area contributed by atoms with Crippen molar-refractivity contribution in [2.75, 3.05) is 13.6 Å². The van der Waals surface area contributed by atoms with Gasteiger partial charge < -0.3 is 10.6 Å². The zero-order chi connectivity index (χ0) is 12.3. The van der Waals surface area contributed by atoms with Gasteiger partial charge in [-0.2, -0.15) is 0 Å². The summed E-state index contributed by atoms with van der Waals surface area (Å²) in [5, 5.41) is 6.97. The maximum Gasteiger partial charge on any atom is 0.191 e. The van der Waals surface area contributed by atoms with Crippen molar-refractivity contribution in [3.05, 3.63) is 0 Å². The highest BCUT2D eigenvalue weighted by Gasteiger charge is 2.33. The SMILES string of the molecule is CN=C(NCC1CCCC(C)C1)NC1CC1C.I. The van der Waals surface area contributed by atoms with Crippen LogP contribution >= 0.6 is 24.0 Å². The minimum atomic E-state index is 0. The van der Waals surface area contributed by atoms with E-state index in [1.807, 2.05) is 7.05 Å². The molecular weight excluding hydrogens is 337 g/mol. The van der Waals surface area contributed by atoms with Crippen molar-refractivity contribution in [3.63, 3.8) is 0 Å². The van der Waals surface area contributed by atoms with Gasteiger partial charge in [0.1, 0.15) is 0 Å². The van der Waals surface area contributed by atoms with Crippen molar-refractivity contribution in [2.45, 2.75) is 52.0 Å². The summed E-state index contributed by atoms with van der Waals surface area (Å²) in [6.07, 6.45) is 6.88. The highest BCUT2D eigenvalue weighted by Crippen LogP contribution is 2.29. The largest absolute Gasteiger partial charge is 0.356 e. The molecule has 0 aliphatic heterocycles. The van der Waals surface area contributed by atoms with Crippen LogP contribution in [0.5, 0.6) is 0 Å². The van der Waals surface area contributed by atoms with Crippen LogP contribution in [0.15, 0.2) is 4.99 Å². The molecule has 2 saturated carbocycles. The van der Waals surface area contributed by atoms with Gasteiger partial charge in [0.15, 0.2) is 5.96 Å². The van der Waals surface area contributed by atoms with Crippen LogP contribution < -0.4 is 10.6 Å². The van der Waals surface area contributed by atoms with Crippen molar-refractivity contribution in [2.24, 2.45) is 22.7 Å². The van der Waals surface area contributed by atoms with Crippen LogP contribution in [0.4, 0.5) is 0 Å². The Bertz CT molecular complexity index is 280. The number of nitrogens with zero attached hydrogens (tertiary/aromatic N) is 1. The third-order valence-electron chi connectivity index (χ3n) is 4.26. The molecule has 106 valence electrons. The van der Waals surface area contributed by atoms with E-state index in [1.165, 1.54) is 32.1 Å². The molecule has 2 aliphatic carbocycles. The lowest BCUT2D eigenvalue weighted by Gasteiger charge is -2.27. The monoisotopic (exact) mass is 365 g/mol. The molecule has 4 heteroatoms. The number of hydrogen-bond acceptors (Lipinski definition) is 1. The highest BCUT2D eigenvalue weighted by atomic mass is 127. The first kappa shape index (κ1) is 16.1. The Hall–Kier alpha value is 0. The van der Waals surface area contributed by atoms with E-state index < -0.39 is 0 Å². The molecule has 0 amide bonds. The molecule has 0 heterocycles. The van der Waals surface area contributed by atoms with Gasteiger partial charge >= 0.3 is 0 Å². The number of aliphatic imine (C=N–C) groups is 1. The summed E-state index contributed by atoms with van der Waals surface area (Å²) in [6, 6.07) is 0.659. The van der Waals surface area contributed by atoms with Crippen molar-refractivity contribution < 1.29 is 0 Å². The quantitative estimate of drug-likeness (QED) is 0.458. The third kappa shape index (κ3) is 4.94. The Kier molecular flexibility index (Phi) is 6.74. The zero-order valence-electron chi connectivity index (χ0n) is 11.9. The minimum Gasteiger partial charge on any atom is -0.356 e. The Morgan fingerprint density at radius 2 is 1.94 bits per heavy atom. The summed E-state index contributed by atoms with van der Waals surface area (Å²) in [5.74, 6) is 3.57. The molecule has 0 aromatic heterocycles. The molecule has 2 fully saturated rings. The summed E-state index contributed by atoms with van der Waals surface area (Å²) in [7, 11) is 1.87. The fraction of sp³-hybridized carbons (Fsp3) is 0.929. The number of guanidine groups is 1. The second-order valence-corrected chi connectivity index (χ2v) is 6.05. The number of nitrogens with one attached hydrogen (secondary N) is 2. The maximum absolute atomic E-state index is 4.30. The average Bonchev–Trinajstić information content (AvgIpc) is 3.00. The van der Waals surface area contributed by atoms with Crippen LogP contribution in [-0.2, 0) is 0 Å². The van der Waals surface area contributed by atoms with Crippen molar-refractivity contribution >= 4 is 29.9 Å². The minimum absolute atomic E-state index is 0. The van der Waals surface area contributed by atoms with Crippen LogP contribution in [0, 0.1) is 17.8 Å². The third-order valence-corrected chi connectivity index (χ3v) is 4.26. The molecule has 0 spiro atoms. The fourth-order valence-corrected chi connectivity index (χ4v) is 2.88. The average molecular weight is 365 g/mol. The van der Waals surface area contributed by atoms with E-state index in [0.717, 1.165) is 30.3 Å². The molecule has 18 heavy (non-hydrogen) atoms. The standard InChI is InChI=1S/C14H27N3.HI/c1-10-5-4-6-12(7-10)9-16-14(15-3)17-13-8-11(13)2;/h10-13H,4-9H2,1-3H3,(H2,15,16,17);1H. The zero-order valence-corrected chi connectivity index (χ0v) is 14.2. The highest BCUT2D eigenvalue weighted by molar-refractivity contribution is 14.0. The molecule has 2 aliphatic rings. The predicted octanol–water partition coefficient (Wildman–Crippen LogP) is 3.00. The van der Waals surface area contributed by atoms with Crippen molar-refractivity contribution in [1.29, 1.82) is 0 Å². The molecular formula is C14H28IN3. The van der Waals surface area contributed by atoms with Gasteiger partial charge in [-0.3, -0.25) is 4.99 Å². The number of halogens is 1. The summed E-state index contributed by atoms with van der Waals surface area (Å²) >= 11 is 0. The lowest BCUT2D eigenvalue weighted by Crippen LogP contribution is -2.41. The lowest BCUT2D eigenvalue weighted by atomic mass is 9.82. The van der Waals surface area contributed by atoms with Gasteiger partial charge in [-0.25, -0.2) is 0 Å². The van der Waals surface area contributed by atoms with Crippen molar-refractivity contribution in [1.82, 2.24) is 10.6 Å². The molecule has 0 aromatic carbocycles. The molecule has 0 saturated heterocycles. The van der Waals surface area contributed by atoms with Gasteiger partial charge in [-0.1, -0.05) is 26.7 Å². The van der Waals surface area contributed by atoms with Gasteiger partial charge in [0.05, 0.1) is 0 Å². The summed E-state index contributed by atoms with van der Waals surface area (Å²) in [6.45, 7) is 5.75. The Morgan fingerprint density at radius 3 is 2.50 bits per heavy atom. The molecule has 0 radical (unpaired) electrons.